The summed E-state index contributed by atoms with van der Waals surface area (Å²) in [6.45, 7) is 4.05. The van der Waals surface area contributed by atoms with Crippen LogP contribution in [0.4, 0.5) is 0 Å². The van der Waals surface area contributed by atoms with Crippen LogP contribution in [0, 0.1) is 6.92 Å². The van der Waals surface area contributed by atoms with E-state index in [2.05, 4.69) is 17.5 Å². The zero-order valence-corrected chi connectivity index (χ0v) is 18.5. The Morgan fingerprint density at radius 2 is 1.67 bits per heavy atom. The molecule has 0 radical (unpaired) electrons. The lowest BCUT2D eigenvalue weighted by Gasteiger charge is -2.09. The van der Waals surface area contributed by atoms with E-state index >= 15 is 0 Å². The zero-order valence-electron chi connectivity index (χ0n) is 17.6. The summed E-state index contributed by atoms with van der Waals surface area (Å²) >= 11 is 0. The van der Waals surface area contributed by atoms with Crippen LogP contribution in [0.3, 0.4) is 0 Å². The Morgan fingerprint density at radius 3 is 2.40 bits per heavy atom. The molecule has 2 rings (SSSR count). The fourth-order valence-electron chi connectivity index (χ4n) is 2.83. The average Bonchev–Trinajstić information content (AvgIpc) is 2.72. The summed E-state index contributed by atoms with van der Waals surface area (Å²) in [6, 6.07) is 13.1. The molecule has 30 heavy (non-hydrogen) atoms. The minimum Gasteiger partial charge on any atom is -0.378 e. The highest BCUT2D eigenvalue weighted by molar-refractivity contribution is 7.87. The van der Waals surface area contributed by atoms with Gasteiger partial charge in [-0.2, -0.15) is 13.5 Å². The van der Waals surface area contributed by atoms with Crippen LogP contribution in [-0.4, -0.2) is 20.5 Å². The summed E-state index contributed by atoms with van der Waals surface area (Å²) in [5.41, 5.74) is 3.90. The molecular weight excluding hydrogens is 400 g/mol. The molecule has 0 unspecified atom stereocenters. The number of aryl methyl sites for hydroxylation is 1. The van der Waals surface area contributed by atoms with Gasteiger partial charge in [0.25, 0.3) is 0 Å². The molecule has 0 saturated heterocycles. The summed E-state index contributed by atoms with van der Waals surface area (Å²) in [6.07, 6.45) is 8.46. The van der Waals surface area contributed by atoms with Gasteiger partial charge in [-0.25, -0.2) is 5.43 Å². The number of hydrazone groups is 1. The number of unbranched alkanes of at least 4 members (excludes halogenated alkanes) is 5. The van der Waals surface area contributed by atoms with E-state index in [1.54, 1.807) is 36.4 Å². The van der Waals surface area contributed by atoms with Crippen molar-refractivity contribution in [1.82, 2.24) is 5.43 Å². The monoisotopic (exact) mass is 430 g/mol. The van der Waals surface area contributed by atoms with E-state index in [9.17, 15) is 13.2 Å². The van der Waals surface area contributed by atoms with Crippen molar-refractivity contribution in [3.05, 3.63) is 59.7 Å². The lowest BCUT2D eigenvalue weighted by molar-refractivity contribution is -0.121. The summed E-state index contributed by atoms with van der Waals surface area (Å²) in [7, 11) is -3.96. The number of benzene rings is 2. The third kappa shape index (κ3) is 7.99. The fourth-order valence-corrected chi connectivity index (χ4v) is 3.78. The van der Waals surface area contributed by atoms with Crippen LogP contribution >= 0.6 is 0 Å². The molecule has 2 aromatic carbocycles. The van der Waals surface area contributed by atoms with E-state index in [0.717, 1.165) is 24.8 Å². The predicted octanol–water partition coefficient (Wildman–Crippen LogP) is 4.96. The van der Waals surface area contributed by atoms with Crippen molar-refractivity contribution < 1.29 is 17.4 Å². The largest absolute Gasteiger partial charge is 0.378 e. The Labute approximate surface area is 179 Å². The minimum absolute atomic E-state index is 0.0760. The Morgan fingerprint density at radius 1 is 1.00 bits per heavy atom. The molecule has 0 aliphatic rings. The molecule has 2 aromatic rings. The van der Waals surface area contributed by atoms with Gasteiger partial charge in [-0.3, -0.25) is 4.79 Å². The zero-order chi connectivity index (χ0) is 21.8. The van der Waals surface area contributed by atoms with Crippen molar-refractivity contribution in [2.45, 2.75) is 63.7 Å². The molecule has 0 heterocycles. The van der Waals surface area contributed by atoms with Crippen molar-refractivity contribution in [2.24, 2.45) is 5.10 Å². The SMILES string of the molecule is CCCCCCCCC(=O)N/N=C/c1ccccc1OS(=O)(=O)c1ccc(C)cc1. The molecule has 1 amide bonds. The Bertz CT molecular complexity index is 938. The number of para-hydroxylation sites is 1. The first kappa shape index (κ1) is 23.6. The van der Waals surface area contributed by atoms with Gasteiger partial charge in [0, 0.05) is 12.0 Å². The highest BCUT2D eigenvalue weighted by Crippen LogP contribution is 2.22. The number of amides is 1. The smallest absolute Gasteiger partial charge is 0.339 e. The topological polar surface area (TPSA) is 84.8 Å². The van der Waals surface area contributed by atoms with Crippen LogP contribution in [0.5, 0.6) is 5.75 Å². The second-order valence-corrected chi connectivity index (χ2v) is 8.75. The molecule has 0 saturated carbocycles. The van der Waals surface area contributed by atoms with E-state index in [1.165, 1.54) is 37.6 Å². The van der Waals surface area contributed by atoms with Crippen LogP contribution in [0.2, 0.25) is 0 Å². The van der Waals surface area contributed by atoms with Crippen LogP contribution in [0.25, 0.3) is 0 Å². The maximum atomic E-state index is 12.5. The number of nitrogens with one attached hydrogen (secondary N) is 1. The number of rotatable bonds is 12. The van der Waals surface area contributed by atoms with Gasteiger partial charge in [-0.05, 0) is 37.6 Å². The van der Waals surface area contributed by atoms with Crippen LogP contribution in [-0.2, 0) is 14.9 Å². The minimum atomic E-state index is -3.96. The molecule has 0 fully saturated rings. The van der Waals surface area contributed by atoms with Gasteiger partial charge in [-0.15, -0.1) is 0 Å². The van der Waals surface area contributed by atoms with Crippen LogP contribution in [0.1, 0.15) is 63.0 Å². The standard InChI is InChI=1S/C23H30N2O4S/c1-3-4-5-6-7-8-13-23(26)25-24-18-20-11-9-10-12-22(20)29-30(27,28)21-16-14-19(2)15-17-21/h9-12,14-18H,3-8,13H2,1-2H3,(H,25,26)/b24-18+. The van der Waals surface area contributed by atoms with Crippen LogP contribution < -0.4 is 9.61 Å². The molecule has 7 heteroatoms. The van der Waals surface area contributed by atoms with E-state index in [0.29, 0.717) is 12.0 Å². The number of hydrogen-bond donors (Lipinski definition) is 1. The first-order valence-electron chi connectivity index (χ1n) is 10.3. The quantitative estimate of drug-likeness (QED) is 0.223. The number of carbonyl (C=O) groups excluding carboxylic acids is 1. The molecule has 162 valence electrons. The first-order valence-corrected chi connectivity index (χ1v) is 11.8. The third-order valence-corrected chi connectivity index (χ3v) is 5.83. The molecule has 0 aromatic heterocycles. The van der Waals surface area contributed by atoms with Gasteiger partial charge < -0.3 is 4.18 Å². The molecule has 0 aliphatic carbocycles. The van der Waals surface area contributed by atoms with Crippen LogP contribution in [0.15, 0.2) is 58.5 Å². The van der Waals surface area contributed by atoms with E-state index in [-0.39, 0.29) is 16.6 Å². The van der Waals surface area contributed by atoms with Gasteiger partial charge in [0.05, 0.1) is 6.21 Å². The molecule has 0 aliphatic heterocycles. The maximum absolute atomic E-state index is 12.5. The summed E-state index contributed by atoms with van der Waals surface area (Å²) < 4.78 is 30.3. The molecule has 0 spiro atoms. The van der Waals surface area contributed by atoms with Crippen molar-refractivity contribution in [2.75, 3.05) is 0 Å². The molecule has 0 atom stereocenters. The van der Waals surface area contributed by atoms with Gasteiger partial charge in [0.1, 0.15) is 4.90 Å². The molecule has 6 nitrogen and oxygen atoms in total. The lowest BCUT2D eigenvalue weighted by atomic mass is 10.1. The summed E-state index contributed by atoms with van der Waals surface area (Å²) in [5, 5.41) is 3.95. The van der Waals surface area contributed by atoms with Crippen molar-refractivity contribution in [3.63, 3.8) is 0 Å². The van der Waals surface area contributed by atoms with Gasteiger partial charge >= 0.3 is 10.1 Å². The van der Waals surface area contributed by atoms with Gasteiger partial charge in [0.15, 0.2) is 5.75 Å². The van der Waals surface area contributed by atoms with E-state index in [4.69, 9.17) is 4.18 Å². The summed E-state index contributed by atoms with van der Waals surface area (Å²) in [4.78, 5) is 12.0. The highest BCUT2D eigenvalue weighted by Gasteiger charge is 2.17. The second-order valence-electron chi connectivity index (χ2n) is 7.20. The Hall–Kier alpha value is -2.67. The average molecular weight is 431 g/mol. The van der Waals surface area contributed by atoms with Crippen molar-refractivity contribution in [1.29, 1.82) is 0 Å². The number of carbonyl (C=O) groups is 1. The van der Waals surface area contributed by atoms with E-state index in [1.807, 2.05) is 6.92 Å². The second kappa shape index (κ2) is 12.1. The third-order valence-electron chi connectivity index (χ3n) is 4.58. The van der Waals surface area contributed by atoms with E-state index < -0.39 is 10.1 Å². The van der Waals surface area contributed by atoms with Crippen molar-refractivity contribution >= 4 is 22.2 Å². The van der Waals surface area contributed by atoms with Gasteiger partial charge in [0.2, 0.25) is 5.91 Å². The molecule has 1 N–H and O–H groups in total. The molecule has 0 bridgehead atoms. The fraction of sp³-hybridized carbons (Fsp3) is 0.391. The maximum Gasteiger partial charge on any atom is 0.339 e. The lowest BCUT2D eigenvalue weighted by Crippen LogP contribution is -2.17. The molecular formula is C23H30N2O4S. The predicted molar refractivity (Wildman–Crippen MR) is 119 cm³/mol. The van der Waals surface area contributed by atoms with Gasteiger partial charge in [-0.1, -0.05) is 68.9 Å². The first-order chi connectivity index (χ1) is 14.4. The number of hydrogen-bond acceptors (Lipinski definition) is 5. The normalized spacial score (nSPS) is 11.5. The Balaban J connectivity index is 1.92. The Kier molecular flexibility index (Phi) is 9.54. The number of nitrogens with zero attached hydrogens (tertiary/aromatic N) is 1. The van der Waals surface area contributed by atoms with Crippen molar-refractivity contribution in [3.8, 4) is 5.75 Å². The summed E-state index contributed by atoms with van der Waals surface area (Å²) in [5.74, 6) is -0.0144. The highest BCUT2D eigenvalue weighted by atomic mass is 32.2.